The highest BCUT2D eigenvalue weighted by atomic mass is 16.5. The van der Waals surface area contributed by atoms with Crippen molar-refractivity contribution in [2.24, 2.45) is 0 Å². The number of rotatable bonds is 2. The maximum absolute atomic E-state index is 10.6. The van der Waals surface area contributed by atoms with Crippen LogP contribution in [0.4, 0.5) is 0 Å². The molecule has 0 aromatic heterocycles. The van der Waals surface area contributed by atoms with Gasteiger partial charge in [-0.15, -0.1) is 0 Å². The van der Waals surface area contributed by atoms with Crippen LogP contribution in [0.3, 0.4) is 0 Å². The summed E-state index contributed by atoms with van der Waals surface area (Å²) in [4.78, 5) is 10.6. The highest BCUT2D eigenvalue weighted by Crippen LogP contribution is 2.29. The van der Waals surface area contributed by atoms with Gasteiger partial charge in [0, 0.05) is 5.57 Å². The van der Waals surface area contributed by atoms with Crippen LogP contribution in [0.5, 0.6) is 0 Å². The van der Waals surface area contributed by atoms with Crippen molar-refractivity contribution in [3.63, 3.8) is 0 Å². The number of carbonyl (C=O) groups excluding carboxylic acids is 1. The summed E-state index contributed by atoms with van der Waals surface area (Å²) < 4.78 is 5.63. The van der Waals surface area contributed by atoms with Crippen molar-refractivity contribution in [3.8, 4) is 0 Å². The standard InChI is InChI=1S/C12H12O2/c1-9-11(8-13)7-12(14-9)10-5-3-2-4-6-10/h2-9,12H,1H3. The third-order valence-electron chi connectivity index (χ3n) is 2.43. The molecule has 1 aromatic carbocycles. The van der Waals surface area contributed by atoms with E-state index in [4.69, 9.17) is 4.74 Å². The number of carbonyl (C=O) groups is 1. The fraction of sp³-hybridized carbons (Fsp3) is 0.250. The quantitative estimate of drug-likeness (QED) is 0.665. The number of ether oxygens (including phenoxy) is 1. The zero-order chi connectivity index (χ0) is 9.97. The minimum atomic E-state index is -0.0855. The Morgan fingerprint density at radius 1 is 1.29 bits per heavy atom. The Kier molecular flexibility index (Phi) is 2.46. The molecule has 0 amide bonds. The van der Waals surface area contributed by atoms with E-state index in [1.807, 2.05) is 43.3 Å². The molecule has 2 rings (SSSR count). The normalized spacial score (nSPS) is 25.9. The van der Waals surface area contributed by atoms with Gasteiger partial charge < -0.3 is 4.74 Å². The number of benzene rings is 1. The largest absolute Gasteiger partial charge is 0.362 e. The molecule has 0 saturated carbocycles. The SMILES string of the molecule is CC1OC(c2ccccc2)C=C1C=O. The predicted octanol–water partition coefficient (Wildman–Crippen LogP) is 2.27. The van der Waals surface area contributed by atoms with Crippen molar-refractivity contribution in [3.05, 3.63) is 47.5 Å². The topological polar surface area (TPSA) is 26.3 Å². The summed E-state index contributed by atoms with van der Waals surface area (Å²) in [6.45, 7) is 1.89. The van der Waals surface area contributed by atoms with Gasteiger partial charge in [-0.2, -0.15) is 0 Å². The van der Waals surface area contributed by atoms with E-state index in [1.165, 1.54) is 0 Å². The van der Waals surface area contributed by atoms with Gasteiger partial charge in [0.1, 0.15) is 12.4 Å². The minimum Gasteiger partial charge on any atom is -0.362 e. The fourth-order valence-electron chi connectivity index (χ4n) is 1.60. The Morgan fingerprint density at radius 3 is 2.57 bits per heavy atom. The Balaban J connectivity index is 2.24. The van der Waals surface area contributed by atoms with Crippen LogP contribution in [0.1, 0.15) is 18.6 Å². The predicted molar refractivity (Wildman–Crippen MR) is 53.9 cm³/mol. The Morgan fingerprint density at radius 2 is 2.00 bits per heavy atom. The molecule has 14 heavy (non-hydrogen) atoms. The first-order valence-electron chi connectivity index (χ1n) is 4.68. The molecule has 0 saturated heterocycles. The van der Waals surface area contributed by atoms with Crippen LogP contribution in [-0.4, -0.2) is 12.4 Å². The van der Waals surface area contributed by atoms with Gasteiger partial charge in [-0.05, 0) is 18.6 Å². The summed E-state index contributed by atoms with van der Waals surface area (Å²) in [6, 6.07) is 9.90. The monoisotopic (exact) mass is 188 g/mol. The van der Waals surface area contributed by atoms with Gasteiger partial charge in [0.25, 0.3) is 0 Å². The van der Waals surface area contributed by atoms with Gasteiger partial charge in [0.2, 0.25) is 0 Å². The van der Waals surface area contributed by atoms with Crippen LogP contribution >= 0.6 is 0 Å². The van der Waals surface area contributed by atoms with Crippen molar-refractivity contribution in [2.75, 3.05) is 0 Å². The number of hydrogen-bond acceptors (Lipinski definition) is 2. The summed E-state index contributed by atoms with van der Waals surface area (Å²) in [5.74, 6) is 0. The highest BCUT2D eigenvalue weighted by Gasteiger charge is 2.23. The molecule has 1 heterocycles. The molecule has 0 radical (unpaired) electrons. The van der Waals surface area contributed by atoms with Crippen molar-refractivity contribution in [1.29, 1.82) is 0 Å². The van der Waals surface area contributed by atoms with Crippen LogP contribution in [-0.2, 0) is 9.53 Å². The maximum atomic E-state index is 10.6. The summed E-state index contributed by atoms with van der Waals surface area (Å²) in [6.07, 6.45) is 2.60. The van der Waals surface area contributed by atoms with E-state index in [9.17, 15) is 4.79 Å². The molecule has 0 N–H and O–H groups in total. The zero-order valence-corrected chi connectivity index (χ0v) is 8.01. The molecule has 0 aliphatic carbocycles. The lowest BCUT2D eigenvalue weighted by molar-refractivity contribution is -0.105. The molecular formula is C12H12O2. The van der Waals surface area contributed by atoms with Gasteiger partial charge in [-0.25, -0.2) is 0 Å². The first-order valence-corrected chi connectivity index (χ1v) is 4.68. The molecule has 2 unspecified atom stereocenters. The highest BCUT2D eigenvalue weighted by molar-refractivity contribution is 5.75. The lowest BCUT2D eigenvalue weighted by atomic mass is 10.1. The van der Waals surface area contributed by atoms with E-state index < -0.39 is 0 Å². The van der Waals surface area contributed by atoms with Crippen LogP contribution in [0, 0.1) is 0 Å². The molecule has 1 aliphatic heterocycles. The number of aldehydes is 1. The first-order chi connectivity index (χ1) is 6.81. The second kappa shape index (κ2) is 3.76. The molecule has 2 heteroatoms. The first kappa shape index (κ1) is 9.16. The van der Waals surface area contributed by atoms with Crippen LogP contribution in [0.25, 0.3) is 0 Å². The maximum Gasteiger partial charge on any atom is 0.148 e. The lowest BCUT2D eigenvalue weighted by Gasteiger charge is -2.10. The van der Waals surface area contributed by atoms with E-state index in [2.05, 4.69) is 0 Å². The van der Waals surface area contributed by atoms with Gasteiger partial charge in [-0.3, -0.25) is 4.79 Å². The van der Waals surface area contributed by atoms with Crippen molar-refractivity contribution < 1.29 is 9.53 Å². The summed E-state index contributed by atoms with van der Waals surface area (Å²) in [5.41, 5.74) is 1.83. The summed E-state index contributed by atoms with van der Waals surface area (Å²) >= 11 is 0. The average molecular weight is 188 g/mol. The summed E-state index contributed by atoms with van der Waals surface area (Å²) in [5, 5.41) is 0. The molecule has 2 atom stereocenters. The van der Waals surface area contributed by atoms with E-state index >= 15 is 0 Å². The molecule has 0 bridgehead atoms. The molecule has 72 valence electrons. The van der Waals surface area contributed by atoms with E-state index in [1.54, 1.807) is 0 Å². The van der Waals surface area contributed by atoms with Crippen molar-refractivity contribution >= 4 is 6.29 Å². The second-order valence-electron chi connectivity index (χ2n) is 3.39. The minimum absolute atomic E-state index is 0.0635. The van der Waals surface area contributed by atoms with E-state index in [0.717, 1.165) is 17.4 Å². The molecule has 2 nitrogen and oxygen atoms in total. The van der Waals surface area contributed by atoms with Gasteiger partial charge >= 0.3 is 0 Å². The smallest absolute Gasteiger partial charge is 0.148 e. The molecule has 0 fully saturated rings. The molecule has 1 aromatic rings. The number of hydrogen-bond donors (Lipinski definition) is 0. The Hall–Kier alpha value is -1.41. The average Bonchev–Trinajstić information content (AvgIpc) is 2.61. The lowest BCUT2D eigenvalue weighted by Crippen LogP contribution is -2.06. The molecule has 1 aliphatic rings. The van der Waals surface area contributed by atoms with E-state index in [0.29, 0.717) is 0 Å². The fourth-order valence-corrected chi connectivity index (χ4v) is 1.60. The second-order valence-corrected chi connectivity index (χ2v) is 3.39. The third-order valence-corrected chi connectivity index (χ3v) is 2.43. The Bertz CT molecular complexity index is 354. The van der Waals surface area contributed by atoms with Crippen molar-refractivity contribution in [1.82, 2.24) is 0 Å². The Labute approximate surface area is 83.2 Å². The zero-order valence-electron chi connectivity index (χ0n) is 8.01. The van der Waals surface area contributed by atoms with Crippen LogP contribution < -0.4 is 0 Å². The third kappa shape index (κ3) is 1.61. The van der Waals surface area contributed by atoms with Gasteiger partial charge in [0.15, 0.2) is 0 Å². The van der Waals surface area contributed by atoms with E-state index in [-0.39, 0.29) is 12.2 Å². The van der Waals surface area contributed by atoms with Crippen molar-refractivity contribution in [2.45, 2.75) is 19.1 Å². The van der Waals surface area contributed by atoms with Gasteiger partial charge in [-0.1, -0.05) is 30.3 Å². The van der Waals surface area contributed by atoms with Crippen LogP contribution in [0.15, 0.2) is 42.0 Å². The molecule has 0 spiro atoms. The van der Waals surface area contributed by atoms with Crippen LogP contribution in [0.2, 0.25) is 0 Å². The molecular weight excluding hydrogens is 176 g/mol. The van der Waals surface area contributed by atoms with Gasteiger partial charge in [0.05, 0.1) is 6.10 Å². The summed E-state index contributed by atoms with van der Waals surface area (Å²) in [7, 11) is 0.